The molecule has 1 heterocycles. The lowest BCUT2D eigenvalue weighted by atomic mass is 9.92. The molecule has 2 aromatic rings. The van der Waals surface area contributed by atoms with Gasteiger partial charge in [-0.15, -0.1) is 0 Å². The van der Waals surface area contributed by atoms with Crippen molar-refractivity contribution >= 4 is 0 Å². The molecule has 0 aromatic heterocycles. The molecule has 0 saturated carbocycles. The van der Waals surface area contributed by atoms with E-state index in [0.717, 1.165) is 29.8 Å². The van der Waals surface area contributed by atoms with Gasteiger partial charge < -0.3 is 5.32 Å². The van der Waals surface area contributed by atoms with Crippen LogP contribution in [-0.2, 0) is 6.18 Å². The number of benzene rings is 2. The first-order valence-electron chi connectivity index (χ1n) is 9.69. The van der Waals surface area contributed by atoms with Crippen molar-refractivity contribution in [2.24, 2.45) is 0 Å². The van der Waals surface area contributed by atoms with Gasteiger partial charge in [0.05, 0.1) is 5.56 Å². The fourth-order valence-corrected chi connectivity index (χ4v) is 4.81. The molecule has 0 unspecified atom stereocenters. The molecular weight excluding hydrogens is 368 g/mol. The summed E-state index contributed by atoms with van der Waals surface area (Å²) in [6.07, 6.45) is -3.65. The van der Waals surface area contributed by atoms with E-state index in [1.807, 2.05) is 0 Å². The zero-order valence-electron chi connectivity index (χ0n) is 15.9. The van der Waals surface area contributed by atoms with Gasteiger partial charge in [0, 0.05) is 37.1 Å². The standard InChI is InChI=1S/C22H24F4N2/c1-13-11-28(12-14(2)27-13)21-10-19(15-3-6-17(23)7-4-15)18-8-5-16(9-20(18)21)22(24,25)26/h3-9,13-14,19,21,27H,10-12H2,1-2H3/t13-,14+,19-,21+/m1/s1. The van der Waals surface area contributed by atoms with Gasteiger partial charge in [-0.3, -0.25) is 4.90 Å². The average Bonchev–Trinajstić information content (AvgIpc) is 3.00. The zero-order valence-corrected chi connectivity index (χ0v) is 15.9. The van der Waals surface area contributed by atoms with Gasteiger partial charge in [0.15, 0.2) is 0 Å². The lowest BCUT2D eigenvalue weighted by Gasteiger charge is -2.40. The van der Waals surface area contributed by atoms with Crippen LogP contribution in [0.1, 0.15) is 54.5 Å². The number of fused-ring (bicyclic) bond motifs is 1. The molecule has 0 amide bonds. The Morgan fingerprint density at radius 1 is 0.929 bits per heavy atom. The van der Waals surface area contributed by atoms with E-state index in [1.165, 1.54) is 24.3 Å². The van der Waals surface area contributed by atoms with Crippen LogP contribution in [0.4, 0.5) is 17.6 Å². The molecule has 4 rings (SSSR count). The Balaban J connectivity index is 1.75. The summed E-state index contributed by atoms with van der Waals surface area (Å²) in [5.41, 5.74) is 2.02. The van der Waals surface area contributed by atoms with Crippen molar-refractivity contribution in [1.29, 1.82) is 0 Å². The Labute approximate surface area is 162 Å². The number of piperazine rings is 1. The lowest BCUT2D eigenvalue weighted by molar-refractivity contribution is -0.137. The third-order valence-electron chi connectivity index (χ3n) is 5.91. The van der Waals surface area contributed by atoms with Crippen molar-refractivity contribution in [3.63, 3.8) is 0 Å². The van der Waals surface area contributed by atoms with Gasteiger partial charge in [0.1, 0.15) is 5.82 Å². The molecule has 6 heteroatoms. The van der Waals surface area contributed by atoms with E-state index in [-0.39, 0.29) is 29.9 Å². The monoisotopic (exact) mass is 392 g/mol. The van der Waals surface area contributed by atoms with Gasteiger partial charge in [0.2, 0.25) is 0 Å². The van der Waals surface area contributed by atoms with Crippen molar-refractivity contribution in [1.82, 2.24) is 10.2 Å². The number of nitrogens with one attached hydrogen (secondary N) is 1. The summed E-state index contributed by atoms with van der Waals surface area (Å²) in [4.78, 5) is 2.30. The van der Waals surface area contributed by atoms with Crippen LogP contribution in [0, 0.1) is 5.82 Å². The summed E-state index contributed by atoms with van der Waals surface area (Å²) in [6, 6.07) is 10.9. The molecule has 1 N–H and O–H groups in total. The molecule has 2 aliphatic rings. The maximum Gasteiger partial charge on any atom is 0.416 e. The molecule has 1 fully saturated rings. The SMILES string of the molecule is C[C@@H]1CN([C@H]2C[C@H](c3ccc(F)cc3)c3ccc(C(F)(F)F)cc32)C[C@H](C)N1. The molecular formula is C22H24F4N2. The first-order chi connectivity index (χ1) is 13.2. The highest BCUT2D eigenvalue weighted by Crippen LogP contribution is 2.48. The van der Waals surface area contributed by atoms with Crippen LogP contribution in [0.2, 0.25) is 0 Å². The second-order valence-electron chi connectivity index (χ2n) is 8.12. The summed E-state index contributed by atoms with van der Waals surface area (Å²) in [6.45, 7) is 5.78. The molecule has 1 saturated heterocycles. The molecule has 28 heavy (non-hydrogen) atoms. The third-order valence-corrected chi connectivity index (χ3v) is 5.91. The van der Waals surface area contributed by atoms with Crippen LogP contribution in [0.15, 0.2) is 42.5 Å². The van der Waals surface area contributed by atoms with E-state index in [2.05, 4.69) is 24.1 Å². The van der Waals surface area contributed by atoms with Crippen LogP contribution in [-0.4, -0.2) is 30.1 Å². The molecule has 4 atom stereocenters. The fourth-order valence-electron chi connectivity index (χ4n) is 4.81. The Kier molecular flexibility index (Phi) is 4.96. The van der Waals surface area contributed by atoms with Crippen molar-refractivity contribution in [3.05, 3.63) is 70.5 Å². The second-order valence-corrected chi connectivity index (χ2v) is 8.12. The highest BCUT2D eigenvalue weighted by molar-refractivity contribution is 5.47. The largest absolute Gasteiger partial charge is 0.416 e. The topological polar surface area (TPSA) is 15.3 Å². The molecule has 0 bridgehead atoms. The molecule has 1 aliphatic heterocycles. The minimum atomic E-state index is -4.36. The summed E-state index contributed by atoms with van der Waals surface area (Å²) in [5, 5.41) is 3.48. The Morgan fingerprint density at radius 3 is 2.18 bits per heavy atom. The number of alkyl halides is 3. The molecule has 0 radical (unpaired) electrons. The maximum absolute atomic E-state index is 13.4. The summed E-state index contributed by atoms with van der Waals surface area (Å²) in [5.74, 6) is -0.334. The summed E-state index contributed by atoms with van der Waals surface area (Å²) in [7, 11) is 0. The summed E-state index contributed by atoms with van der Waals surface area (Å²) < 4.78 is 53.4. The minimum absolute atomic E-state index is 0.0246. The van der Waals surface area contributed by atoms with Crippen LogP contribution in [0.5, 0.6) is 0 Å². The van der Waals surface area contributed by atoms with E-state index in [4.69, 9.17) is 0 Å². The van der Waals surface area contributed by atoms with E-state index < -0.39 is 11.7 Å². The van der Waals surface area contributed by atoms with Crippen LogP contribution >= 0.6 is 0 Å². The first kappa shape index (κ1) is 19.4. The van der Waals surface area contributed by atoms with Gasteiger partial charge in [-0.2, -0.15) is 13.2 Å². The van der Waals surface area contributed by atoms with Crippen LogP contribution in [0.25, 0.3) is 0 Å². The number of hydrogen-bond donors (Lipinski definition) is 1. The van der Waals surface area contributed by atoms with Gasteiger partial charge in [-0.25, -0.2) is 4.39 Å². The normalized spacial score (nSPS) is 28.4. The highest BCUT2D eigenvalue weighted by atomic mass is 19.4. The Morgan fingerprint density at radius 2 is 1.57 bits per heavy atom. The lowest BCUT2D eigenvalue weighted by Crippen LogP contribution is -2.54. The number of rotatable bonds is 2. The van der Waals surface area contributed by atoms with Crippen LogP contribution < -0.4 is 5.32 Å². The van der Waals surface area contributed by atoms with Crippen LogP contribution in [0.3, 0.4) is 0 Å². The fraction of sp³-hybridized carbons (Fsp3) is 0.455. The smallest absolute Gasteiger partial charge is 0.309 e. The average molecular weight is 392 g/mol. The second kappa shape index (κ2) is 7.16. The summed E-state index contributed by atoms with van der Waals surface area (Å²) >= 11 is 0. The van der Waals surface area contributed by atoms with Crippen molar-refractivity contribution in [2.75, 3.05) is 13.1 Å². The predicted octanol–water partition coefficient (Wildman–Crippen LogP) is 5.10. The predicted molar refractivity (Wildman–Crippen MR) is 101 cm³/mol. The Bertz CT molecular complexity index is 837. The van der Waals surface area contributed by atoms with Crippen molar-refractivity contribution in [2.45, 2.75) is 50.5 Å². The molecule has 1 aliphatic carbocycles. The van der Waals surface area contributed by atoms with Gasteiger partial charge in [-0.05, 0) is 61.2 Å². The first-order valence-corrected chi connectivity index (χ1v) is 9.69. The minimum Gasteiger partial charge on any atom is -0.309 e. The van der Waals surface area contributed by atoms with E-state index >= 15 is 0 Å². The van der Waals surface area contributed by atoms with E-state index in [0.29, 0.717) is 6.42 Å². The third kappa shape index (κ3) is 3.67. The number of halogens is 4. The van der Waals surface area contributed by atoms with E-state index in [1.54, 1.807) is 18.2 Å². The van der Waals surface area contributed by atoms with Gasteiger partial charge >= 0.3 is 6.18 Å². The molecule has 0 spiro atoms. The van der Waals surface area contributed by atoms with Gasteiger partial charge in [0.25, 0.3) is 0 Å². The molecule has 150 valence electrons. The Hall–Kier alpha value is -1.92. The maximum atomic E-state index is 13.4. The highest BCUT2D eigenvalue weighted by Gasteiger charge is 2.40. The number of hydrogen-bond acceptors (Lipinski definition) is 2. The number of nitrogens with zero attached hydrogens (tertiary/aromatic N) is 1. The molecule has 2 nitrogen and oxygen atoms in total. The van der Waals surface area contributed by atoms with E-state index in [9.17, 15) is 17.6 Å². The molecule has 2 aromatic carbocycles. The van der Waals surface area contributed by atoms with Gasteiger partial charge in [-0.1, -0.05) is 18.2 Å². The van der Waals surface area contributed by atoms with Crippen molar-refractivity contribution in [3.8, 4) is 0 Å². The van der Waals surface area contributed by atoms with Crippen molar-refractivity contribution < 1.29 is 17.6 Å². The zero-order chi connectivity index (χ0) is 20.1. The quantitative estimate of drug-likeness (QED) is 0.715.